The van der Waals surface area contributed by atoms with Gasteiger partial charge in [-0.15, -0.1) is 0 Å². The van der Waals surface area contributed by atoms with Crippen molar-refractivity contribution < 1.29 is 38.1 Å². The van der Waals surface area contributed by atoms with Crippen molar-refractivity contribution in [2.24, 2.45) is 5.10 Å². The van der Waals surface area contributed by atoms with Gasteiger partial charge in [-0.25, -0.2) is 15.0 Å². The second kappa shape index (κ2) is 16.0. The van der Waals surface area contributed by atoms with Crippen LogP contribution in [0.4, 0.5) is 4.79 Å². The maximum atomic E-state index is 12.6. The van der Waals surface area contributed by atoms with Crippen molar-refractivity contribution in [1.82, 2.24) is 16.1 Å². The van der Waals surface area contributed by atoms with Crippen molar-refractivity contribution in [1.29, 1.82) is 5.26 Å². The van der Waals surface area contributed by atoms with Crippen LogP contribution >= 0.6 is 11.6 Å². The fourth-order valence-electron chi connectivity index (χ4n) is 4.62. The number of urea groups is 1. The van der Waals surface area contributed by atoms with Crippen LogP contribution < -0.4 is 35.0 Å². The summed E-state index contributed by atoms with van der Waals surface area (Å²) in [6.45, 7) is 3.18. The van der Waals surface area contributed by atoms with E-state index in [0.717, 1.165) is 0 Å². The number of ether oxygens (including phenoxy) is 5. The Morgan fingerprint density at radius 3 is 2.55 bits per heavy atom. The number of esters is 1. The molecule has 244 valence electrons. The van der Waals surface area contributed by atoms with E-state index >= 15 is 0 Å². The minimum absolute atomic E-state index is 0.108. The lowest BCUT2D eigenvalue weighted by molar-refractivity contribution is -0.139. The van der Waals surface area contributed by atoms with Crippen LogP contribution in [-0.4, -0.2) is 51.6 Å². The molecule has 0 saturated carbocycles. The van der Waals surface area contributed by atoms with Crippen molar-refractivity contribution in [3.05, 3.63) is 93.1 Å². The van der Waals surface area contributed by atoms with Crippen LogP contribution in [0, 0.1) is 11.3 Å². The number of carbonyl (C=O) groups is 3. The normalized spacial score (nSPS) is 14.0. The molecule has 1 aliphatic heterocycles. The number of nitriles is 1. The topological polar surface area (TPSA) is 170 Å². The van der Waals surface area contributed by atoms with E-state index in [1.165, 1.54) is 20.4 Å². The molecule has 0 bridgehead atoms. The summed E-state index contributed by atoms with van der Waals surface area (Å²) in [5.74, 6) is 0.0218. The summed E-state index contributed by atoms with van der Waals surface area (Å²) in [6, 6.07) is 15.9. The standard InChI is InChI=1S/C33H32ClN5O8/c1-5-45-32(41)29-19(2)37-33(42)38-30(29)21-10-11-25(26(14-21)43-3)46-18-28(40)39-36-16-20-12-24(34)31(27(13-20)44-4)47-17-23-9-7-6-8-22(23)15-35/h6-14,16,30H,5,17-18H2,1-4H3,(H,39,40)(H2,37,38,42)/b36-16-/t30-/m0/s1. The van der Waals surface area contributed by atoms with Crippen molar-refractivity contribution in [3.63, 3.8) is 0 Å². The lowest BCUT2D eigenvalue weighted by Crippen LogP contribution is -2.45. The minimum atomic E-state index is -0.795. The number of allylic oxidation sites excluding steroid dienone is 1. The van der Waals surface area contributed by atoms with Gasteiger partial charge >= 0.3 is 12.0 Å². The van der Waals surface area contributed by atoms with Gasteiger partial charge in [-0.3, -0.25) is 4.79 Å². The maximum absolute atomic E-state index is 12.6. The summed E-state index contributed by atoms with van der Waals surface area (Å²) in [5.41, 5.74) is 5.25. The molecule has 14 heteroatoms. The van der Waals surface area contributed by atoms with Crippen LogP contribution in [0.3, 0.4) is 0 Å². The fraction of sp³-hybridized carbons (Fsp3) is 0.242. The Balaban J connectivity index is 1.38. The molecule has 4 rings (SSSR count). The number of rotatable bonds is 13. The molecule has 13 nitrogen and oxygen atoms in total. The number of nitrogens with zero attached hydrogens (tertiary/aromatic N) is 2. The predicted molar refractivity (Wildman–Crippen MR) is 171 cm³/mol. The number of methoxy groups -OCH3 is 2. The van der Waals surface area contributed by atoms with Gasteiger partial charge in [0.05, 0.1) is 55.3 Å². The Hall–Kier alpha value is -5.74. The zero-order valence-electron chi connectivity index (χ0n) is 26.0. The highest BCUT2D eigenvalue weighted by molar-refractivity contribution is 6.32. The van der Waals surface area contributed by atoms with Crippen LogP contribution in [-0.2, 0) is 20.9 Å². The van der Waals surface area contributed by atoms with Gasteiger partial charge in [-0.05, 0) is 55.3 Å². The zero-order valence-corrected chi connectivity index (χ0v) is 26.8. The monoisotopic (exact) mass is 661 g/mol. The smallest absolute Gasteiger partial charge is 0.338 e. The molecule has 47 heavy (non-hydrogen) atoms. The van der Waals surface area contributed by atoms with Crippen LogP contribution in [0.2, 0.25) is 5.02 Å². The molecule has 0 unspecified atom stereocenters. The SMILES string of the molecule is CCOC(=O)C1=C(C)NC(=O)N[C@H]1c1ccc(OCC(=O)N/N=C\c2cc(Cl)c(OCc3ccccc3C#N)c(OC)c2)c(OC)c1. The second-order valence-electron chi connectivity index (χ2n) is 9.87. The molecular weight excluding hydrogens is 630 g/mol. The molecular formula is C33H32ClN5O8. The van der Waals surface area contributed by atoms with Crippen molar-refractivity contribution in [2.75, 3.05) is 27.4 Å². The fourth-order valence-corrected chi connectivity index (χ4v) is 4.89. The Bertz CT molecular complexity index is 1770. The molecule has 1 aliphatic rings. The quantitative estimate of drug-likeness (QED) is 0.135. The molecule has 0 aromatic heterocycles. The van der Waals surface area contributed by atoms with Crippen molar-refractivity contribution >= 4 is 35.7 Å². The summed E-state index contributed by atoms with van der Waals surface area (Å²) < 4.78 is 27.6. The maximum Gasteiger partial charge on any atom is 0.338 e. The summed E-state index contributed by atoms with van der Waals surface area (Å²) in [4.78, 5) is 37.3. The number of hydrogen-bond acceptors (Lipinski definition) is 10. The largest absolute Gasteiger partial charge is 0.493 e. The average molecular weight is 662 g/mol. The first-order valence-corrected chi connectivity index (χ1v) is 14.6. The van der Waals surface area contributed by atoms with Crippen LogP contribution in [0.5, 0.6) is 23.0 Å². The van der Waals surface area contributed by atoms with Crippen molar-refractivity contribution in [2.45, 2.75) is 26.5 Å². The second-order valence-corrected chi connectivity index (χ2v) is 10.3. The highest BCUT2D eigenvalue weighted by Crippen LogP contribution is 2.37. The van der Waals surface area contributed by atoms with Gasteiger partial charge in [0.15, 0.2) is 29.6 Å². The lowest BCUT2D eigenvalue weighted by Gasteiger charge is -2.28. The number of nitrogens with one attached hydrogen (secondary N) is 3. The van der Waals surface area contributed by atoms with E-state index in [0.29, 0.717) is 39.4 Å². The van der Waals surface area contributed by atoms with E-state index < -0.39 is 30.6 Å². The zero-order chi connectivity index (χ0) is 33.9. The molecule has 0 aliphatic carbocycles. The molecule has 0 spiro atoms. The van der Waals surface area contributed by atoms with E-state index in [2.05, 4.69) is 27.2 Å². The third kappa shape index (κ3) is 8.50. The molecule has 0 saturated heterocycles. The summed E-state index contributed by atoms with van der Waals surface area (Å²) >= 11 is 6.45. The molecule has 3 aromatic carbocycles. The number of benzene rings is 3. The number of hydrazone groups is 1. The van der Waals surface area contributed by atoms with E-state index in [4.69, 9.17) is 35.3 Å². The molecule has 1 atom stereocenters. The van der Waals surface area contributed by atoms with Gasteiger partial charge in [-0.1, -0.05) is 35.9 Å². The Labute approximate surface area is 276 Å². The van der Waals surface area contributed by atoms with E-state index in [1.54, 1.807) is 62.4 Å². The molecule has 0 radical (unpaired) electrons. The number of amides is 3. The van der Waals surface area contributed by atoms with Gasteiger partial charge in [0.25, 0.3) is 5.91 Å². The lowest BCUT2D eigenvalue weighted by atomic mass is 9.95. The summed E-state index contributed by atoms with van der Waals surface area (Å²) in [5, 5.41) is 18.8. The van der Waals surface area contributed by atoms with E-state index in [1.807, 2.05) is 6.07 Å². The van der Waals surface area contributed by atoms with E-state index in [9.17, 15) is 19.6 Å². The summed E-state index contributed by atoms with van der Waals surface area (Å²) in [7, 11) is 2.88. The molecule has 1 heterocycles. The van der Waals surface area contributed by atoms with Gasteiger partial charge in [0.2, 0.25) is 0 Å². The first-order chi connectivity index (χ1) is 22.7. The van der Waals surface area contributed by atoms with Crippen molar-refractivity contribution in [3.8, 4) is 29.1 Å². The van der Waals surface area contributed by atoms with Gasteiger partial charge in [0, 0.05) is 11.3 Å². The predicted octanol–water partition coefficient (Wildman–Crippen LogP) is 4.53. The first-order valence-electron chi connectivity index (χ1n) is 14.2. The highest BCUT2D eigenvalue weighted by atomic mass is 35.5. The Morgan fingerprint density at radius 1 is 1.06 bits per heavy atom. The van der Waals surface area contributed by atoms with Gasteiger partial charge < -0.3 is 34.3 Å². The van der Waals surface area contributed by atoms with Crippen LogP contribution in [0.15, 0.2) is 71.0 Å². The highest BCUT2D eigenvalue weighted by Gasteiger charge is 2.32. The number of carbonyl (C=O) groups excluding carboxylic acids is 3. The minimum Gasteiger partial charge on any atom is -0.493 e. The average Bonchev–Trinajstić information content (AvgIpc) is 3.06. The Kier molecular flexibility index (Phi) is 11.6. The number of hydrogen-bond donors (Lipinski definition) is 3. The van der Waals surface area contributed by atoms with Gasteiger partial charge in [0.1, 0.15) is 6.61 Å². The molecule has 0 fully saturated rings. The molecule has 3 amide bonds. The summed E-state index contributed by atoms with van der Waals surface area (Å²) in [6.07, 6.45) is 1.38. The molecule has 3 N–H and O–H groups in total. The first kappa shape index (κ1) is 34.1. The van der Waals surface area contributed by atoms with Crippen LogP contribution in [0.1, 0.15) is 42.1 Å². The number of halogens is 1. The van der Waals surface area contributed by atoms with Gasteiger partial charge in [-0.2, -0.15) is 10.4 Å². The molecule has 3 aromatic rings. The van der Waals surface area contributed by atoms with Crippen LogP contribution in [0.25, 0.3) is 0 Å². The van der Waals surface area contributed by atoms with E-state index in [-0.39, 0.29) is 35.3 Å². The Morgan fingerprint density at radius 2 is 1.83 bits per heavy atom. The third-order valence-electron chi connectivity index (χ3n) is 6.81. The third-order valence-corrected chi connectivity index (χ3v) is 7.09.